The van der Waals surface area contributed by atoms with Crippen molar-refractivity contribution in [1.29, 1.82) is 0 Å². The van der Waals surface area contributed by atoms with E-state index in [1.54, 1.807) is 12.4 Å². The molecule has 21 heavy (non-hydrogen) atoms. The first kappa shape index (κ1) is 19.8. The Kier molecular flexibility index (Phi) is 9.12. The molecule has 0 bridgehead atoms. The smallest absolute Gasteiger partial charge is 0.263 e. The van der Waals surface area contributed by atoms with Gasteiger partial charge in [-0.05, 0) is 25.5 Å². The molecule has 0 aromatic carbocycles. The second-order valence-corrected chi connectivity index (χ2v) is 5.30. The molecule has 1 amide bonds. The van der Waals surface area contributed by atoms with Crippen molar-refractivity contribution in [1.82, 2.24) is 15.3 Å². The van der Waals surface area contributed by atoms with E-state index < -0.39 is 0 Å². The van der Waals surface area contributed by atoms with Crippen LogP contribution < -0.4 is 11.1 Å². The van der Waals surface area contributed by atoms with Crippen LogP contribution in [0.4, 0.5) is 0 Å². The average molecular weight is 349 g/mol. The van der Waals surface area contributed by atoms with E-state index in [0.29, 0.717) is 11.4 Å². The summed E-state index contributed by atoms with van der Waals surface area (Å²) in [6.45, 7) is 2.49. The number of hydrogen-bond acceptors (Lipinski definition) is 5. The third kappa shape index (κ3) is 5.97. The summed E-state index contributed by atoms with van der Waals surface area (Å²) in [5.41, 5.74) is 6.41. The number of nitrogens with one attached hydrogen (secondary N) is 1. The first-order valence-electron chi connectivity index (χ1n) is 6.08. The third-order valence-electron chi connectivity index (χ3n) is 2.50. The summed E-state index contributed by atoms with van der Waals surface area (Å²) in [4.78, 5) is 20.9. The van der Waals surface area contributed by atoms with Crippen molar-refractivity contribution in [2.24, 2.45) is 5.73 Å². The first-order valence-corrected chi connectivity index (χ1v) is 6.89. The first-order chi connectivity index (χ1) is 9.16. The Bertz CT molecular complexity index is 548. The molecule has 2 aromatic heterocycles. The van der Waals surface area contributed by atoms with Gasteiger partial charge in [-0.15, -0.1) is 36.2 Å². The van der Waals surface area contributed by atoms with E-state index in [1.807, 2.05) is 25.1 Å². The summed E-state index contributed by atoms with van der Waals surface area (Å²) in [7, 11) is 0. The van der Waals surface area contributed by atoms with E-state index in [-0.39, 0.29) is 36.8 Å². The van der Waals surface area contributed by atoms with Crippen LogP contribution in [-0.4, -0.2) is 28.5 Å². The zero-order valence-corrected chi connectivity index (χ0v) is 13.9. The lowest BCUT2D eigenvalue weighted by atomic mass is 10.2. The highest BCUT2D eigenvalue weighted by Crippen LogP contribution is 2.22. The summed E-state index contributed by atoms with van der Waals surface area (Å²) in [6.07, 6.45) is 4.05. The van der Waals surface area contributed by atoms with Gasteiger partial charge in [0.15, 0.2) is 0 Å². The van der Waals surface area contributed by atoms with Crippen LogP contribution in [0.1, 0.15) is 23.0 Å². The van der Waals surface area contributed by atoms with E-state index in [1.165, 1.54) is 11.3 Å². The number of rotatable bonds is 5. The second-order valence-electron chi connectivity index (χ2n) is 4.27. The molecule has 116 valence electrons. The Morgan fingerprint density at radius 3 is 2.76 bits per heavy atom. The van der Waals surface area contributed by atoms with Gasteiger partial charge < -0.3 is 11.1 Å². The predicted octanol–water partition coefficient (Wildman–Crippen LogP) is 2.52. The molecule has 0 saturated carbocycles. The maximum absolute atomic E-state index is 11.9. The average Bonchev–Trinajstić information content (AvgIpc) is 2.89. The fourth-order valence-corrected chi connectivity index (χ4v) is 2.30. The summed E-state index contributed by atoms with van der Waals surface area (Å²) >= 11 is 1.34. The molecule has 2 heterocycles. The molecule has 2 aromatic rings. The molecule has 1 atom stereocenters. The summed E-state index contributed by atoms with van der Waals surface area (Å²) < 4.78 is 0. The minimum absolute atomic E-state index is 0. The lowest BCUT2D eigenvalue weighted by molar-refractivity contribution is 0.0956. The second kappa shape index (κ2) is 9.68. The lowest BCUT2D eigenvalue weighted by Gasteiger charge is -2.05. The molecule has 0 spiro atoms. The Morgan fingerprint density at radius 1 is 1.38 bits per heavy atom. The van der Waals surface area contributed by atoms with Crippen molar-refractivity contribution < 1.29 is 4.79 Å². The van der Waals surface area contributed by atoms with E-state index in [9.17, 15) is 4.79 Å². The van der Waals surface area contributed by atoms with Gasteiger partial charge in [0.2, 0.25) is 0 Å². The van der Waals surface area contributed by atoms with Gasteiger partial charge in [0.05, 0.1) is 11.9 Å². The van der Waals surface area contributed by atoms with Crippen LogP contribution in [0.5, 0.6) is 0 Å². The van der Waals surface area contributed by atoms with Crippen LogP contribution in [0.2, 0.25) is 0 Å². The summed E-state index contributed by atoms with van der Waals surface area (Å²) in [5.74, 6) is -0.111. The third-order valence-corrected chi connectivity index (χ3v) is 3.52. The Labute approximate surface area is 140 Å². The fourth-order valence-electron chi connectivity index (χ4n) is 1.49. The number of halogens is 2. The Balaban J connectivity index is 0.00000200. The zero-order chi connectivity index (χ0) is 13.7. The van der Waals surface area contributed by atoms with Gasteiger partial charge in [0.25, 0.3) is 5.91 Å². The Morgan fingerprint density at radius 2 is 2.14 bits per heavy atom. The van der Waals surface area contributed by atoms with Gasteiger partial charge >= 0.3 is 0 Å². The van der Waals surface area contributed by atoms with E-state index in [0.717, 1.165) is 17.1 Å². The number of pyridine rings is 1. The summed E-state index contributed by atoms with van der Waals surface area (Å²) in [5, 5.41) is 3.57. The quantitative estimate of drug-likeness (QED) is 0.869. The number of carbonyl (C=O) groups excluding carboxylic acids is 1. The molecule has 2 rings (SSSR count). The van der Waals surface area contributed by atoms with Crippen LogP contribution in [0.25, 0.3) is 10.7 Å². The number of thiazole rings is 1. The van der Waals surface area contributed by atoms with E-state index in [4.69, 9.17) is 5.73 Å². The highest BCUT2D eigenvalue weighted by Gasteiger charge is 2.11. The van der Waals surface area contributed by atoms with Gasteiger partial charge in [-0.2, -0.15) is 0 Å². The number of nitrogens with zero attached hydrogens (tertiary/aromatic N) is 2. The topological polar surface area (TPSA) is 80.9 Å². The molecule has 1 unspecified atom stereocenters. The largest absolute Gasteiger partial charge is 0.351 e. The van der Waals surface area contributed by atoms with Crippen molar-refractivity contribution >= 4 is 42.1 Å². The summed E-state index contributed by atoms with van der Waals surface area (Å²) in [6, 6.07) is 5.70. The van der Waals surface area contributed by atoms with Gasteiger partial charge in [-0.3, -0.25) is 9.78 Å². The van der Waals surface area contributed by atoms with Crippen molar-refractivity contribution in [2.75, 3.05) is 6.54 Å². The highest BCUT2D eigenvalue weighted by molar-refractivity contribution is 7.16. The minimum atomic E-state index is -0.111. The molecular weight excluding hydrogens is 331 g/mol. The number of nitrogens with two attached hydrogens (primary N) is 1. The maximum atomic E-state index is 11.9. The van der Waals surface area contributed by atoms with Gasteiger partial charge in [0, 0.05) is 18.8 Å². The Hall–Kier alpha value is -1.21. The molecule has 0 aliphatic carbocycles. The fraction of sp³-hybridized carbons (Fsp3) is 0.308. The van der Waals surface area contributed by atoms with Crippen molar-refractivity contribution in [2.45, 2.75) is 19.4 Å². The standard InChI is InChI=1S/C13H16N4OS.2ClH/c1-9(14)5-7-16-12(18)11-8-17-13(19-11)10-4-2-3-6-15-10;;/h2-4,6,8-9H,5,7,14H2,1H3,(H,16,18);2*1H. The molecule has 0 radical (unpaired) electrons. The van der Waals surface area contributed by atoms with Crippen molar-refractivity contribution in [3.8, 4) is 10.7 Å². The minimum Gasteiger partial charge on any atom is -0.351 e. The monoisotopic (exact) mass is 348 g/mol. The molecule has 0 saturated heterocycles. The normalized spacial score (nSPS) is 11.0. The highest BCUT2D eigenvalue weighted by atomic mass is 35.5. The number of amides is 1. The number of hydrogen-bond donors (Lipinski definition) is 2. The SMILES string of the molecule is CC(N)CCNC(=O)c1cnc(-c2ccccn2)s1.Cl.Cl. The molecule has 3 N–H and O–H groups in total. The molecule has 8 heteroatoms. The van der Waals surface area contributed by atoms with Crippen molar-refractivity contribution in [3.63, 3.8) is 0 Å². The van der Waals surface area contributed by atoms with Crippen LogP contribution >= 0.6 is 36.2 Å². The van der Waals surface area contributed by atoms with E-state index in [2.05, 4.69) is 15.3 Å². The molecule has 0 aliphatic heterocycles. The predicted molar refractivity (Wildman–Crippen MR) is 90.4 cm³/mol. The molecule has 0 fully saturated rings. The molecule has 5 nitrogen and oxygen atoms in total. The van der Waals surface area contributed by atoms with Crippen LogP contribution in [0.15, 0.2) is 30.6 Å². The van der Waals surface area contributed by atoms with Gasteiger partial charge in [-0.1, -0.05) is 6.07 Å². The lowest BCUT2D eigenvalue weighted by Crippen LogP contribution is -2.28. The number of carbonyl (C=O) groups is 1. The van der Waals surface area contributed by atoms with Crippen LogP contribution in [0.3, 0.4) is 0 Å². The maximum Gasteiger partial charge on any atom is 0.263 e. The zero-order valence-electron chi connectivity index (χ0n) is 11.5. The van der Waals surface area contributed by atoms with Gasteiger partial charge in [-0.25, -0.2) is 4.98 Å². The molecular formula is C13H18Cl2N4OS. The van der Waals surface area contributed by atoms with Crippen LogP contribution in [-0.2, 0) is 0 Å². The van der Waals surface area contributed by atoms with Crippen LogP contribution in [0, 0.1) is 0 Å². The molecule has 0 aliphatic rings. The van der Waals surface area contributed by atoms with Gasteiger partial charge in [0.1, 0.15) is 9.88 Å². The number of aromatic nitrogens is 2. The van der Waals surface area contributed by atoms with E-state index >= 15 is 0 Å². The van der Waals surface area contributed by atoms with Crippen molar-refractivity contribution in [3.05, 3.63) is 35.5 Å².